The lowest BCUT2D eigenvalue weighted by Gasteiger charge is -2.14. The SMILES string of the molecule is COc1ccc(-c2nc(S[C@H](C)C(=O)NCCC3=CCCCC3)n[nH]2)cc1. The molecule has 6 nitrogen and oxygen atoms in total. The average Bonchev–Trinajstić information content (AvgIpc) is 3.17. The van der Waals surface area contributed by atoms with Gasteiger partial charge in [-0.3, -0.25) is 9.89 Å². The van der Waals surface area contributed by atoms with Crippen molar-refractivity contribution in [1.29, 1.82) is 0 Å². The van der Waals surface area contributed by atoms with E-state index in [0.717, 1.165) is 17.7 Å². The largest absolute Gasteiger partial charge is 0.497 e. The summed E-state index contributed by atoms with van der Waals surface area (Å²) in [5.74, 6) is 1.49. The van der Waals surface area contributed by atoms with E-state index in [1.54, 1.807) is 7.11 Å². The minimum Gasteiger partial charge on any atom is -0.497 e. The van der Waals surface area contributed by atoms with Gasteiger partial charge in [-0.15, -0.1) is 5.10 Å². The van der Waals surface area contributed by atoms with Crippen LogP contribution < -0.4 is 10.1 Å². The number of aromatic amines is 1. The van der Waals surface area contributed by atoms with Crippen molar-refractivity contribution in [2.24, 2.45) is 0 Å². The van der Waals surface area contributed by atoms with E-state index in [4.69, 9.17) is 4.74 Å². The quantitative estimate of drug-likeness (QED) is 0.530. The lowest BCUT2D eigenvalue weighted by Crippen LogP contribution is -2.32. The van der Waals surface area contributed by atoms with Gasteiger partial charge in [0.2, 0.25) is 11.1 Å². The summed E-state index contributed by atoms with van der Waals surface area (Å²) < 4.78 is 5.16. The van der Waals surface area contributed by atoms with E-state index in [2.05, 4.69) is 26.6 Å². The van der Waals surface area contributed by atoms with Crippen LogP contribution in [-0.4, -0.2) is 40.0 Å². The van der Waals surface area contributed by atoms with Gasteiger partial charge < -0.3 is 10.1 Å². The standard InChI is InChI=1S/C20H26N4O2S/c1-14(19(25)21-13-12-15-6-4-3-5-7-15)27-20-22-18(23-24-20)16-8-10-17(26-2)11-9-16/h6,8-11,14H,3-5,7,12-13H2,1-2H3,(H,21,25)(H,22,23,24)/t14-/m1/s1. The molecule has 144 valence electrons. The molecule has 1 aliphatic rings. The molecule has 0 unspecified atom stereocenters. The highest BCUT2D eigenvalue weighted by atomic mass is 32.2. The predicted molar refractivity (Wildman–Crippen MR) is 108 cm³/mol. The van der Waals surface area contributed by atoms with Crippen LogP contribution in [-0.2, 0) is 4.79 Å². The molecule has 2 N–H and O–H groups in total. The van der Waals surface area contributed by atoms with Gasteiger partial charge in [0.1, 0.15) is 5.75 Å². The molecule has 0 fully saturated rings. The van der Waals surface area contributed by atoms with Gasteiger partial charge in [-0.1, -0.05) is 23.4 Å². The van der Waals surface area contributed by atoms with Crippen LogP contribution in [0.2, 0.25) is 0 Å². The number of nitrogens with zero attached hydrogens (tertiary/aromatic N) is 2. The highest BCUT2D eigenvalue weighted by Crippen LogP contribution is 2.24. The van der Waals surface area contributed by atoms with Gasteiger partial charge in [-0.2, -0.15) is 0 Å². The molecule has 0 aliphatic heterocycles. The number of methoxy groups -OCH3 is 1. The Bertz CT molecular complexity index is 786. The highest BCUT2D eigenvalue weighted by molar-refractivity contribution is 8.00. The fourth-order valence-corrected chi connectivity index (χ4v) is 3.76. The number of H-pyrrole nitrogens is 1. The van der Waals surface area contributed by atoms with E-state index in [0.29, 0.717) is 17.5 Å². The number of ether oxygens (including phenoxy) is 1. The van der Waals surface area contributed by atoms with E-state index in [9.17, 15) is 4.79 Å². The van der Waals surface area contributed by atoms with Gasteiger partial charge in [0, 0.05) is 12.1 Å². The Labute approximate surface area is 164 Å². The van der Waals surface area contributed by atoms with Crippen molar-refractivity contribution in [3.63, 3.8) is 0 Å². The van der Waals surface area contributed by atoms with Crippen molar-refractivity contribution in [2.45, 2.75) is 49.4 Å². The van der Waals surface area contributed by atoms with Crippen LogP contribution >= 0.6 is 11.8 Å². The van der Waals surface area contributed by atoms with Gasteiger partial charge >= 0.3 is 0 Å². The first kappa shape index (κ1) is 19.5. The number of carbonyl (C=O) groups is 1. The zero-order valence-electron chi connectivity index (χ0n) is 15.8. The summed E-state index contributed by atoms with van der Waals surface area (Å²) in [6.45, 7) is 2.57. The molecular formula is C20H26N4O2S. The van der Waals surface area contributed by atoms with Crippen LogP contribution in [0.25, 0.3) is 11.4 Å². The summed E-state index contributed by atoms with van der Waals surface area (Å²) >= 11 is 1.36. The molecule has 3 rings (SSSR count). The highest BCUT2D eigenvalue weighted by Gasteiger charge is 2.17. The Kier molecular flexibility index (Phi) is 6.92. The molecule has 1 amide bonds. The number of benzene rings is 1. The molecule has 0 saturated heterocycles. The monoisotopic (exact) mass is 386 g/mol. The number of allylic oxidation sites excluding steroid dienone is 1. The maximum Gasteiger partial charge on any atom is 0.233 e. The van der Waals surface area contributed by atoms with Crippen molar-refractivity contribution in [3.05, 3.63) is 35.9 Å². The van der Waals surface area contributed by atoms with Crippen LogP contribution in [0.3, 0.4) is 0 Å². The number of aromatic nitrogens is 3. The van der Waals surface area contributed by atoms with E-state index in [1.807, 2.05) is 31.2 Å². The molecule has 1 atom stereocenters. The number of rotatable bonds is 8. The number of amides is 1. The number of hydrogen-bond donors (Lipinski definition) is 2. The first-order valence-corrected chi connectivity index (χ1v) is 10.2. The van der Waals surface area contributed by atoms with Gasteiger partial charge in [-0.25, -0.2) is 4.98 Å². The number of hydrogen-bond acceptors (Lipinski definition) is 5. The summed E-state index contributed by atoms with van der Waals surface area (Å²) in [7, 11) is 1.64. The van der Waals surface area contributed by atoms with Gasteiger partial charge in [0.25, 0.3) is 0 Å². The normalized spacial score (nSPS) is 15.1. The van der Waals surface area contributed by atoms with E-state index in [-0.39, 0.29) is 11.2 Å². The second-order valence-electron chi connectivity index (χ2n) is 6.60. The minimum atomic E-state index is -0.246. The fraction of sp³-hybridized carbons (Fsp3) is 0.450. The third kappa shape index (κ3) is 5.60. The van der Waals surface area contributed by atoms with Crippen LogP contribution in [0.4, 0.5) is 0 Å². The Hall–Kier alpha value is -2.28. The minimum absolute atomic E-state index is 0.0206. The molecule has 0 radical (unpaired) electrons. The fourth-order valence-electron chi connectivity index (χ4n) is 3.01. The summed E-state index contributed by atoms with van der Waals surface area (Å²) in [6.07, 6.45) is 8.18. The van der Waals surface area contributed by atoms with Crippen LogP contribution in [0, 0.1) is 0 Å². The van der Waals surface area contributed by atoms with Crippen molar-refractivity contribution in [3.8, 4) is 17.1 Å². The van der Waals surface area contributed by atoms with Crippen molar-refractivity contribution in [1.82, 2.24) is 20.5 Å². The summed E-state index contributed by atoms with van der Waals surface area (Å²) in [5.41, 5.74) is 2.40. The summed E-state index contributed by atoms with van der Waals surface area (Å²) in [4.78, 5) is 16.8. The maximum atomic E-state index is 12.3. The lowest BCUT2D eigenvalue weighted by atomic mass is 9.97. The van der Waals surface area contributed by atoms with E-state index >= 15 is 0 Å². The van der Waals surface area contributed by atoms with Crippen LogP contribution in [0.15, 0.2) is 41.1 Å². The third-order valence-corrected chi connectivity index (χ3v) is 5.57. The lowest BCUT2D eigenvalue weighted by molar-refractivity contribution is -0.120. The van der Waals surface area contributed by atoms with E-state index < -0.39 is 0 Å². The molecule has 0 spiro atoms. The maximum absolute atomic E-state index is 12.3. The molecule has 0 saturated carbocycles. The van der Waals surface area contributed by atoms with Crippen LogP contribution in [0.5, 0.6) is 5.75 Å². The Morgan fingerprint density at radius 3 is 2.85 bits per heavy atom. The molecule has 0 bridgehead atoms. The third-order valence-electron chi connectivity index (χ3n) is 4.61. The molecule has 27 heavy (non-hydrogen) atoms. The number of carbonyl (C=O) groups excluding carboxylic acids is 1. The molecule has 1 aromatic heterocycles. The van der Waals surface area contributed by atoms with E-state index in [1.165, 1.54) is 43.0 Å². The first-order valence-electron chi connectivity index (χ1n) is 9.35. The van der Waals surface area contributed by atoms with Gasteiger partial charge in [-0.05, 0) is 63.3 Å². The van der Waals surface area contributed by atoms with Gasteiger partial charge in [0.15, 0.2) is 5.82 Å². The zero-order valence-corrected chi connectivity index (χ0v) is 16.6. The number of nitrogens with one attached hydrogen (secondary N) is 2. The second kappa shape index (κ2) is 9.60. The molecule has 1 heterocycles. The Morgan fingerprint density at radius 2 is 2.15 bits per heavy atom. The second-order valence-corrected chi connectivity index (χ2v) is 7.91. The Morgan fingerprint density at radius 1 is 1.33 bits per heavy atom. The average molecular weight is 387 g/mol. The molecule has 1 aromatic carbocycles. The van der Waals surface area contributed by atoms with Crippen molar-refractivity contribution in [2.75, 3.05) is 13.7 Å². The number of thioether (sulfide) groups is 1. The topological polar surface area (TPSA) is 79.9 Å². The summed E-state index contributed by atoms with van der Waals surface area (Å²) in [5, 5.41) is 10.5. The molecular weight excluding hydrogens is 360 g/mol. The van der Waals surface area contributed by atoms with Crippen molar-refractivity contribution < 1.29 is 9.53 Å². The van der Waals surface area contributed by atoms with Crippen LogP contribution in [0.1, 0.15) is 39.0 Å². The summed E-state index contributed by atoms with van der Waals surface area (Å²) in [6, 6.07) is 7.60. The first-order chi connectivity index (χ1) is 13.2. The predicted octanol–water partition coefficient (Wildman–Crippen LogP) is 3.97. The zero-order chi connectivity index (χ0) is 19.1. The molecule has 2 aromatic rings. The smallest absolute Gasteiger partial charge is 0.233 e. The molecule has 1 aliphatic carbocycles. The Balaban J connectivity index is 1.48. The van der Waals surface area contributed by atoms with Gasteiger partial charge in [0.05, 0.1) is 12.4 Å². The molecule has 7 heteroatoms. The van der Waals surface area contributed by atoms with Crippen molar-refractivity contribution >= 4 is 17.7 Å².